The van der Waals surface area contributed by atoms with Gasteiger partial charge in [0.15, 0.2) is 0 Å². The first-order chi connectivity index (χ1) is 17.5. The summed E-state index contributed by atoms with van der Waals surface area (Å²) in [7, 11) is 1.65. The lowest BCUT2D eigenvalue weighted by Crippen LogP contribution is -2.45. The van der Waals surface area contributed by atoms with Crippen LogP contribution in [0, 0.1) is 17.2 Å². The van der Waals surface area contributed by atoms with E-state index in [9.17, 15) is 14.0 Å². The van der Waals surface area contributed by atoms with Crippen molar-refractivity contribution >= 4 is 24.2 Å². The molecule has 0 aromatic heterocycles. The fraction of sp³-hybridized carbons (Fsp3) is 0.517. The number of methoxy groups -OCH3 is 1. The van der Waals surface area contributed by atoms with Gasteiger partial charge in [-0.2, -0.15) is 0 Å². The summed E-state index contributed by atoms with van der Waals surface area (Å²) in [6.07, 6.45) is 5.26. The topological polar surface area (TPSA) is 61.9 Å². The minimum Gasteiger partial charge on any atom is -0.497 e. The van der Waals surface area contributed by atoms with E-state index in [0.717, 1.165) is 81.6 Å². The van der Waals surface area contributed by atoms with Crippen molar-refractivity contribution < 1.29 is 18.7 Å². The van der Waals surface area contributed by atoms with Gasteiger partial charge < -0.3 is 19.9 Å². The lowest BCUT2D eigenvalue weighted by molar-refractivity contribution is -0.139. The molecule has 1 aliphatic carbocycles. The quantitative estimate of drug-likeness (QED) is 0.510. The van der Waals surface area contributed by atoms with Crippen molar-refractivity contribution in [2.75, 3.05) is 33.3 Å². The Morgan fingerprint density at radius 1 is 1.11 bits per heavy atom. The highest BCUT2D eigenvalue weighted by atomic mass is 35.5. The lowest BCUT2D eigenvalue weighted by Gasteiger charge is -2.38. The number of halogens is 2. The van der Waals surface area contributed by atoms with Crippen LogP contribution in [-0.4, -0.2) is 54.9 Å². The third-order valence-electron chi connectivity index (χ3n) is 8.20. The van der Waals surface area contributed by atoms with E-state index in [-0.39, 0.29) is 47.4 Å². The molecule has 6 nitrogen and oxygen atoms in total. The van der Waals surface area contributed by atoms with Gasteiger partial charge in [-0.3, -0.25) is 9.59 Å². The largest absolute Gasteiger partial charge is 0.497 e. The summed E-state index contributed by atoms with van der Waals surface area (Å²) >= 11 is 0. The first-order valence-electron chi connectivity index (χ1n) is 13.2. The highest BCUT2D eigenvalue weighted by Gasteiger charge is 2.47. The number of hydrogen-bond acceptors (Lipinski definition) is 4. The predicted octanol–water partition coefficient (Wildman–Crippen LogP) is 4.73. The predicted molar refractivity (Wildman–Crippen MR) is 143 cm³/mol. The highest BCUT2D eigenvalue weighted by molar-refractivity contribution is 5.85. The highest BCUT2D eigenvalue weighted by Crippen LogP contribution is 2.42. The van der Waals surface area contributed by atoms with Gasteiger partial charge in [0.2, 0.25) is 11.8 Å². The van der Waals surface area contributed by atoms with E-state index in [1.54, 1.807) is 13.2 Å². The van der Waals surface area contributed by atoms with Gasteiger partial charge in [-0.25, -0.2) is 4.39 Å². The molecule has 2 amide bonds. The molecular weight excluding hydrogens is 493 g/mol. The minimum atomic E-state index is -0.281. The third-order valence-corrected chi connectivity index (χ3v) is 8.20. The van der Waals surface area contributed by atoms with Crippen molar-refractivity contribution in [3.8, 4) is 5.75 Å². The summed E-state index contributed by atoms with van der Waals surface area (Å²) in [6.45, 7) is 4.00. The van der Waals surface area contributed by atoms with E-state index in [2.05, 4.69) is 10.2 Å². The number of ether oxygens (including phenoxy) is 1. The molecule has 37 heavy (non-hydrogen) atoms. The third kappa shape index (κ3) is 6.44. The molecule has 0 unspecified atom stereocenters. The van der Waals surface area contributed by atoms with Crippen LogP contribution in [0.3, 0.4) is 0 Å². The number of amides is 2. The zero-order chi connectivity index (χ0) is 25.1. The van der Waals surface area contributed by atoms with E-state index in [0.29, 0.717) is 6.54 Å². The fourth-order valence-corrected chi connectivity index (χ4v) is 5.66. The van der Waals surface area contributed by atoms with Crippen molar-refractivity contribution in [1.29, 1.82) is 0 Å². The molecule has 2 heterocycles. The molecule has 3 aliphatic rings. The summed E-state index contributed by atoms with van der Waals surface area (Å²) in [6, 6.07) is 14.3. The summed E-state index contributed by atoms with van der Waals surface area (Å²) in [5.41, 5.74) is 1.69. The standard InChI is InChI=1S/C29H36FN3O3.ClH/c1-36-25-9-5-21(6-10-25)20-33-18-14-29(28(33)35)12-16-32(17-13-29)15-11-26(31-27(34)22-7-8-22)23-3-2-4-24(30)19-23;/h2-6,9-10,19,22,26H,7-8,11-18,20H2,1H3,(H,31,34);1H/t26-;/m0./s1. The van der Waals surface area contributed by atoms with Crippen molar-refractivity contribution in [3.05, 3.63) is 65.5 Å². The molecule has 2 aliphatic heterocycles. The molecule has 0 bridgehead atoms. The number of nitrogens with zero attached hydrogens (tertiary/aromatic N) is 2. The average molecular weight is 530 g/mol. The second kappa shape index (κ2) is 11.8. The number of hydrogen-bond donors (Lipinski definition) is 1. The minimum absolute atomic E-state index is 0. The van der Waals surface area contributed by atoms with Gasteiger partial charge in [-0.1, -0.05) is 24.3 Å². The van der Waals surface area contributed by atoms with Gasteiger partial charge in [0.05, 0.1) is 18.6 Å². The van der Waals surface area contributed by atoms with Crippen LogP contribution in [0.5, 0.6) is 5.75 Å². The van der Waals surface area contributed by atoms with Crippen LogP contribution in [0.2, 0.25) is 0 Å². The van der Waals surface area contributed by atoms with E-state index in [1.807, 2.05) is 35.2 Å². The Morgan fingerprint density at radius 3 is 2.46 bits per heavy atom. The summed E-state index contributed by atoms with van der Waals surface area (Å²) in [4.78, 5) is 30.2. The van der Waals surface area contributed by atoms with Gasteiger partial charge in [-0.15, -0.1) is 12.4 Å². The van der Waals surface area contributed by atoms with Gasteiger partial charge in [0.1, 0.15) is 11.6 Å². The molecule has 8 heteroatoms. The van der Waals surface area contributed by atoms with Crippen LogP contribution < -0.4 is 10.1 Å². The van der Waals surface area contributed by atoms with Crippen LogP contribution in [0.25, 0.3) is 0 Å². The Morgan fingerprint density at radius 2 is 1.81 bits per heavy atom. The van der Waals surface area contributed by atoms with E-state index in [1.165, 1.54) is 12.1 Å². The maximum Gasteiger partial charge on any atom is 0.229 e. The Kier molecular flexibility index (Phi) is 8.75. The zero-order valence-corrected chi connectivity index (χ0v) is 22.3. The molecule has 3 fully saturated rings. The summed E-state index contributed by atoms with van der Waals surface area (Å²) in [5, 5.41) is 3.15. The van der Waals surface area contributed by atoms with Gasteiger partial charge >= 0.3 is 0 Å². The van der Waals surface area contributed by atoms with Gasteiger partial charge in [0.25, 0.3) is 0 Å². The molecule has 1 N–H and O–H groups in total. The van der Waals surface area contributed by atoms with Crippen molar-refractivity contribution in [3.63, 3.8) is 0 Å². The molecule has 0 radical (unpaired) electrons. The van der Waals surface area contributed by atoms with Gasteiger partial charge in [-0.05, 0) is 87.0 Å². The lowest BCUT2D eigenvalue weighted by atomic mass is 9.77. The van der Waals surface area contributed by atoms with Crippen LogP contribution in [0.1, 0.15) is 55.7 Å². The van der Waals surface area contributed by atoms with Crippen LogP contribution >= 0.6 is 12.4 Å². The van der Waals surface area contributed by atoms with Crippen LogP contribution in [0.15, 0.2) is 48.5 Å². The molecule has 1 atom stereocenters. The fourth-order valence-electron chi connectivity index (χ4n) is 5.66. The smallest absolute Gasteiger partial charge is 0.229 e. The number of carbonyl (C=O) groups is 2. The van der Waals surface area contributed by atoms with Crippen molar-refractivity contribution in [2.45, 2.75) is 51.1 Å². The Balaban J connectivity index is 0.00000320. The monoisotopic (exact) mass is 529 g/mol. The normalized spacial score (nSPS) is 19.9. The molecule has 5 rings (SSSR count). The molecule has 1 spiro atoms. The van der Waals surface area contributed by atoms with E-state index < -0.39 is 0 Å². The molecule has 2 aromatic carbocycles. The molecule has 2 aromatic rings. The Labute approximate surface area is 224 Å². The Bertz CT molecular complexity index is 1080. The number of carbonyl (C=O) groups excluding carboxylic acids is 2. The maximum absolute atomic E-state index is 13.9. The molecule has 2 saturated heterocycles. The van der Waals surface area contributed by atoms with E-state index >= 15 is 0 Å². The zero-order valence-electron chi connectivity index (χ0n) is 21.5. The summed E-state index contributed by atoms with van der Waals surface area (Å²) in [5.74, 6) is 1.02. The van der Waals surface area contributed by atoms with E-state index in [4.69, 9.17) is 4.74 Å². The SMILES string of the molecule is COc1ccc(CN2CCC3(CCN(CC[C@H](NC(=O)C4CC4)c4cccc(F)c4)CC3)C2=O)cc1.Cl. The number of nitrogens with one attached hydrogen (secondary N) is 1. The molecule has 1 saturated carbocycles. The number of rotatable bonds is 9. The summed E-state index contributed by atoms with van der Waals surface area (Å²) < 4.78 is 19.1. The molecular formula is C29H37ClFN3O3. The average Bonchev–Trinajstić information content (AvgIpc) is 3.71. The second-order valence-electron chi connectivity index (χ2n) is 10.6. The Hall–Kier alpha value is -2.64. The number of benzene rings is 2. The molecule has 200 valence electrons. The number of piperidine rings is 1. The van der Waals surface area contributed by atoms with Crippen LogP contribution in [0.4, 0.5) is 4.39 Å². The first kappa shape index (κ1) is 27.4. The first-order valence-corrected chi connectivity index (χ1v) is 13.2. The van der Waals surface area contributed by atoms with Gasteiger partial charge in [0, 0.05) is 25.6 Å². The number of likely N-dealkylation sites (tertiary alicyclic amines) is 2. The second-order valence-corrected chi connectivity index (χ2v) is 10.6. The van der Waals surface area contributed by atoms with Crippen molar-refractivity contribution in [2.24, 2.45) is 11.3 Å². The van der Waals surface area contributed by atoms with Crippen LogP contribution in [-0.2, 0) is 16.1 Å². The maximum atomic E-state index is 13.9. The van der Waals surface area contributed by atoms with Crippen molar-refractivity contribution in [1.82, 2.24) is 15.1 Å².